The van der Waals surface area contributed by atoms with Gasteiger partial charge in [-0.05, 0) is 55.5 Å². The third kappa shape index (κ3) is 20.9. The molecule has 276 valence electrons. The first-order chi connectivity index (χ1) is 23.0. The molecule has 11 nitrogen and oxygen atoms in total. The van der Waals surface area contributed by atoms with Crippen LogP contribution in [0.5, 0.6) is 5.75 Å². The van der Waals surface area contributed by atoms with Crippen LogP contribution in [0.15, 0.2) is 42.5 Å². The van der Waals surface area contributed by atoms with Crippen molar-refractivity contribution >= 4 is 25.2 Å². The summed E-state index contributed by atoms with van der Waals surface area (Å²) in [6, 6.07) is 12.0. The third-order valence-electron chi connectivity index (χ3n) is 6.31. The monoisotopic (exact) mass is 695 g/mol. The number of piperidine rings is 1. The minimum atomic E-state index is -4.18. The number of carbonyl (C=O) groups excluding carboxylic acids is 1. The quantitative estimate of drug-likeness (QED) is 0.0568. The summed E-state index contributed by atoms with van der Waals surface area (Å²) in [5.41, 5.74) is 8.04. The lowest BCUT2D eigenvalue weighted by molar-refractivity contribution is 0.00820. The molecule has 0 unspecified atom stereocenters. The molecule has 0 aromatic heterocycles. The molecule has 0 spiro atoms. The minimum Gasteiger partial charge on any atom is -0.491 e. The van der Waals surface area contributed by atoms with Gasteiger partial charge in [0.25, 0.3) is 5.91 Å². The lowest BCUT2D eigenvalue weighted by Gasteiger charge is -2.32. The van der Waals surface area contributed by atoms with Crippen LogP contribution in [-0.4, -0.2) is 70.8 Å². The van der Waals surface area contributed by atoms with Crippen LogP contribution in [0.2, 0.25) is 0 Å². The molecule has 1 amide bonds. The van der Waals surface area contributed by atoms with Gasteiger partial charge in [-0.3, -0.25) is 20.2 Å². The van der Waals surface area contributed by atoms with Crippen LogP contribution >= 0.6 is 7.60 Å². The number of likely N-dealkylation sites (tertiary alicyclic amines) is 1. The number of benzene rings is 2. The van der Waals surface area contributed by atoms with E-state index in [1.807, 2.05) is 86.3 Å². The van der Waals surface area contributed by atoms with E-state index in [-0.39, 0.29) is 43.6 Å². The predicted octanol–water partition coefficient (Wildman–Crippen LogP) is 7.61. The zero-order valence-corrected chi connectivity index (χ0v) is 32.4. The summed E-state index contributed by atoms with van der Waals surface area (Å²) in [4.78, 5) is 32.9. The Morgan fingerprint density at radius 1 is 0.917 bits per heavy atom. The van der Waals surface area contributed by atoms with Gasteiger partial charge in [-0.2, -0.15) is 0 Å². The maximum Gasteiger partial charge on any atom is 0.325 e. The number of nitrogens with zero attached hydrogens (tertiary/aromatic N) is 1. The number of rotatable bonds is 12. The van der Waals surface area contributed by atoms with E-state index in [4.69, 9.17) is 26.0 Å². The summed E-state index contributed by atoms with van der Waals surface area (Å²) < 4.78 is 23.0. The number of ether oxygens (including phenoxy) is 2. The second-order valence-corrected chi connectivity index (χ2v) is 11.0. The minimum absolute atomic E-state index is 0.100. The van der Waals surface area contributed by atoms with Gasteiger partial charge in [0.2, 0.25) is 0 Å². The highest BCUT2D eigenvalue weighted by Crippen LogP contribution is 2.36. The molecule has 1 heterocycles. The average Bonchev–Trinajstić information content (AvgIpc) is 3.12. The van der Waals surface area contributed by atoms with Crippen molar-refractivity contribution in [1.82, 2.24) is 10.2 Å². The molecule has 0 aliphatic carbocycles. The Hall–Kier alpha value is -3.24. The molecule has 2 aromatic carbocycles. The zero-order valence-electron chi connectivity index (χ0n) is 31.5. The first kappa shape index (κ1) is 49.2. The van der Waals surface area contributed by atoms with E-state index in [9.17, 15) is 19.1 Å². The number of aryl methyl sites for hydroxylation is 1. The van der Waals surface area contributed by atoms with E-state index in [1.54, 1.807) is 37.3 Å². The number of hydrogen-bond acceptors (Lipinski definition) is 6. The molecule has 0 atom stereocenters. The van der Waals surface area contributed by atoms with Crippen molar-refractivity contribution in [2.75, 3.05) is 32.4 Å². The normalized spacial score (nSPS) is 11.9. The molecule has 3 rings (SSSR count). The Labute approximate surface area is 291 Å². The zero-order chi connectivity index (χ0) is 37.7. The molecule has 0 radical (unpaired) electrons. The molecule has 0 saturated carbocycles. The van der Waals surface area contributed by atoms with Crippen molar-refractivity contribution < 1.29 is 28.6 Å². The van der Waals surface area contributed by atoms with Gasteiger partial charge in [0.1, 0.15) is 18.2 Å². The molecular weight excluding hydrogens is 629 g/mol. The van der Waals surface area contributed by atoms with Crippen molar-refractivity contribution in [3.63, 3.8) is 0 Å². The Balaban J connectivity index is -0.00000185. The largest absolute Gasteiger partial charge is 0.491 e. The molecular formula is C36H66N5O6P. The average molecular weight is 696 g/mol. The molecule has 12 heteroatoms. The number of nitrogens with two attached hydrogens (primary N) is 1. The first-order valence-corrected chi connectivity index (χ1v) is 19.2. The van der Waals surface area contributed by atoms with E-state index in [0.29, 0.717) is 34.9 Å². The van der Waals surface area contributed by atoms with Crippen LogP contribution in [0, 0.1) is 10.8 Å². The van der Waals surface area contributed by atoms with Gasteiger partial charge >= 0.3 is 7.60 Å². The summed E-state index contributed by atoms with van der Waals surface area (Å²) in [6.07, 6.45) is 1.72. The van der Waals surface area contributed by atoms with Crippen LogP contribution in [0.4, 0.5) is 0 Å². The second kappa shape index (κ2) is 29.9. The van der Waals surface area contributed by atoms with Gasteiger partial charge in [0.05, 0.1) is 31.3 Å². The third-order valence-corrected chi connectivity index (χ3v) is 7.12. The molecule has 1 aliphatic rings. The van der Waals surface area contributed by atoms with Crippen LogP contribution < -0.4 is 15.8 Å². The van der Waals surface area contributed by atoms with Crippen LogP contribution in [0.25, 0.3) is 0 Å². The number of nitrogen functional groups attached to an aromatic ring is 1. The fourth-order valence-electron chi connectivity index (χ4n) is 4.08. The molecule has 1 fully saturated rings. The molecule has 7 N–H and O–H groups in total. The molecule has 48 heavy (non-hydrogen) atoms. The van der Waals surface area contributed by atoms with Crippen LogP contribution in [0.3, 0.4) is 0 Å². The number of amidine groups is 2. The van der Waals surface area contributed by atoms with E-state index in [1.165, 1.54) is 0 Å². The molecule has 1 saturated heterocycles. The fraction of sp³-hybridized carbons (Fsp3) is 0.583. The van der Waals surface area contributed by atoms with Crippen molar-refractivity contribution in [3.8, 4) is 5.75 Å². The van der Waals surface area contributed by atoms with Gasteiger partial charge in [0.15, 0.2) is 0 Å². The van der Waals surface area contributed by atoms with Crippen molar-refractivity contribution in [2.24, 2.45) is 5.73 Å². The van der Waals surface area contributed by atoms with E-state index < -0.39 is 7.60 Å². The predicted molar refractivity (Wildman–Crippen MR) is 202 cm³/mol. The van der Waals surface area contributed by atoms with E-state index in [0.717, 1.165) is 31.5 Å². The number of nitrogens with one attached hydrogen (secondary N) is 3. The Bertz CT molecular complexity index is 1180. The summed E-state index contributed by atoms with van der Waals surface area (Å²) in [5.74, 6) is 0.550. The standard InChI is InChI=1S/C26H36N5O6P.5C2H6/c1-18(27)31-12-8-23(9-13-31)37-17-19-2-4-21(5-3-19)26(32)30-11-14-36-24-16-22(25(28)29)7-6-20(24)10-15-38(33,34)35;5*1-2/h2-7,16,23,27H,8-15,17H2,1H3,(H3,28,29)(H,30,32)(H2,33,34,35);5*1-2H3. The molecule has 2 aromatic rings. The summed E-state index contributed by atoms with van der Waals surface area (Å²) in [5, 5.41) is 18.1. The Morgan fingerprint density at radius 2 is 1.44 bits per heavy atom. The number of hydrogen-bond donors (Lipinski definition) is 6. The fourth-order valence-corrected chi connectivity index (χ4v) is 4.61. The van der Waals surface area contributed by atoms with Crippen molar-refractivity contribution in [2.45, 2.75) is 108 Å². The van der Waals surface area contributed by atoms with Gasteiger partial charge in [-0.15, -0.1) is 0 Å². The van der Waals surface area contributed by atoms with Gasteiger partial charge in [-0.25, -0.2) is 0 Å². The van der Waals surface area contributed by atoms with Gasteiger partial charge in [-0.1, -0.05) is 93.5 Å². The smallest absolute Gasteiger partial charge is 0.325 e. The first-order valence-electron chi connectivity index (χ1n) is 17.5. The van der Waals surface area contributed by atoms with Crippen LogP contribution in [0.1, 0.15) is 116 Å². The van der Waals surface area contributed by atoms with Gasteiger partial charge in [0, 0.05) is 24.2 Å². The van der Waals surface area contributed by atoms with Gasteiger partial charge < -0.3 is 35.2 Å². The number of carbonyl (C=O) groups is 1. The van der Waals surface area contributed by atoms with E-state index >= 15 is 0 Å². The molecule has 1 aliphatic heterocycles. The van der Waals surface area contributed by atoms with Crippen molar-refractivity contribution in [1.29, 1.82) is 10.8 Å². The molecule has 0 bridgehead atoms. The summed E-state index contributed by atoms with van der Waals surface area (Å²) in [7, 11) is -4.18. The Kier molecular flexibility index (Phi) is 30.6. The topological polar surface area (TPSA) is 182 Å². The maximum absolute atomic E-state index is 12.5. The Morgan fingerprint density at radius 3 is 1.92 bits per heavy atom. The van der Waals surface area contributed by atoms with Crippen molar-refractivity contribution in [3.05, 3.63) is 64.7 Å². The highest BCUT2D eigenvalue weighted by atomic mass is 31.2. The number of amides is 1. The SMILES string of the molecule is CC.CC.CC.CC.CC.CC(=N)N1CCC(OCc2ccc(C(=O)NCCOc3cc(C(=N)N)ccc3CCP(=O)(O)O)cc2)CC1. The summed E-state index contributed by atoms with van der Waals surface area (Å²) >= 11 is 0. The maximum atomic E-state index is 12.5. The second-order valence-electron chi connectivity index (χ2n) is 9.26. The summed E-state index contributed by atoms with van der Waals surface area (Å²) in [6.45, 7) is 24.3. The highest BCUT2D eigenvalue weighted by molar-refractivity contribution is 7.51. The lowest BCUT2D eigenvalue weighted by atomic mass is 10.1. The highest BCUT2D eigenvalue weighted by Gasteiger charge is 2.20. The van der Waals surface area contributed by atoms with E-state index in [2.05, 4.69) is 5.32 Å². The van der Waals surface area contributed by atoms with Crippen LogP contribution in [-0.2, 0) is 22.3 Å². The lowest BCUT2D eigenvalue weighted by Crippen LogP contribution is -2.39.